The molecule has 1 N–H and O–H groups in total. The van der Waals surface area contributed by atoms with Crippen molar-refractivity contribution in [2.24, 2.45) is 5.41 Å². The molecule has 0 radical (unpaired) electrons. The zero-order valence-corrected chi connectivity index (χ0v) is 13.9. The van der Waals surface area contributed by atoms with Crippen molar-refractivity contribution < 1.29 is 17.9 Å². The number of nitrogens with zero attached hydrogens (tertiary/aromatic N) is 1. The highest BCUT2D eigenvalue weighted by Gasteiger charge is 2.72. The Morgan fingerprint density at radius 3 is 2.25 bits per heavy atom. The highest BCUT2D eigenvalue weighted by atomic mass is 35.5. The van der Waals surface area contributed by atoms with Gasteiger partial charge >= 0.3 is 0 Å². The summed E-state index contributed by atoms with van der Waals surface area (Å²) in [5.41, 5.74) is -0.925. The van der Waals surface area contributed by atoms with Crippen LogP contribution in [0, 0.1) is 22.6 Å². The van der Waals surface area contributed by atoms with Crippen LogP contribution in [0.3, 0.4) is 0 Å². The molecule has 0 aromatic heterocycles. The van der Waals surface area contributed by atoms with Crippen molar-refractivity contribution in [2.45, 2.75) is 16.1 Å². The lowest BCUT2D eigenvalue weighted by Crippen LogP contribution is -2.18. The molecule has 1 aliphatic rings. The van der Waals surface area contributed by atoms with Crippen molar-refractivity contribution in [1.29, 1.82) is 5.26 Å². The monoisotopic (exact) mass is 365 g/mol. The first-order valence-electron chi connectivity index (χ1n) is 7.14. The summed E-state index contributed by atoms with van der Waals surface area (Å²) in [6.45, 7) is -0.594. The molecule has 0 saturated heterocycles. The van der Waals surface area contributed by atoms with Gasteiger partial charge < -0.3 is 5.11 Å². The molecule has 0 aliphatic heterocycles. The second-order valence-electron chi connectivity index (χ2n) is 5.76. The molecule has 3 rings (SSSR count). The molecule has 1 aliphatic carbocycles. The summed E-state index contributed by atoms with van der Waals surface area (Å²) in [6, 6.07) is 12.9. The third-order valence-corrected chi connectivity index (χ3v) is 6.97. The summed E-state index contributed by atoms with van der Waals surface area (Å²) < 4.78 is 38.9. The van der Waals surface area contributed by atoms with Crippen LogP contribution in [0.4, 0.5) is 4.39 Å². The lowest BCUT2D eigenvalue weighted by molar-refractivity contribution is 0.242. The van der Waals surface area contributed by atoms with E-state index in [1.165, 1.54) is 48.5 Å². The number of hydrogen-bond acceptors (Lipinski definition) is 4. The summed E-state index contributed by atoms with van der Waals surface area (Å²) in [4.78, 5) is 0.0367. The van der Waals surface area contributed by atoms with Crippen LogP contribution in [0.15, 0.2) is 53.4 Å². The summed E-state index contributed by atoms with van der Waals surface area (Å²) in [7, 11) is -3.86. The number of sulfone groups is 1. The normalized spacial score (nSPS) is 25.9. The molecule has 1 saturated carbocycles. The van der Waals surface area contributed by atoms with Crippen LogP contribution in [-0.2, 0) is 9.84 Å². The fourth-order valence-corrected chi connectivity index (χ4v) is 5.57. The zero-order chi connectivity index (χ0) is 17.5. The maximum atomic E-state index is 13.1. The van der Waals surface area contributed by atoms with Crippen molar-refractivity contribution in [1.82, 2.24) is 0 Å². The topological polar surface area (TPSA) is 78.2 Å². The molecule has 3 atom stereocenters. The molecule has 0 amide bonds. The van der Waals surface area contributed by atoms with E-state index >= 15 is 0 Å². The van der Waals surface area contributed by atoms with Crippen LogP contribution in [0.2, 0.25) is 5.02 Å². The molecule has 24 heavy (non-hydrogen) atoms. The Bertz CT molecular complexity index is 906. The molecule has 2 aromatic carbocycles. The fourth-order valence-electron chi connectivity index (χ4n) is 3.13. The average molecular weight is 366 g/mol. The number of aliphatic hydroxyl groups is 1. The number of halogens is 2. The van der Waals surface area contributed by atoms with Crippen molar-refractivity contribution in [3.8, 4) is 6.07 Å². The molecule has 0 heterocycles. The van der Waals surface area contributed by atoms with Gasteiger partial charge in [0.1, 0.15) is 11.2 Å². The molecule has 2 aromatic rings. The molecule has 7 heteroatoms. The van der Waals surface area contributed by atoms with Gasteiger partial charge in [0.25, 0.3) is 0 Å². The number of aliphatic hydroxyl groups excluding tert-OH is 1. The molecule has 0 bridgehead atoms. The van der Waals surface area contributed by atoms with Gasteiger partial charge in [-0.1, -0.05) is 23.7 Å². The second kappa shape index (κ2) is 5.85. The van der Waals surface area contributed by atoms with Gasteiger partial charge in [-0.15, -0.1) is 0 Å². The maximum absolute atomic E-state index is 13.1. The highest BCUT2D eigenvalue weighted by Crippen LogP contribution is 2.63. The lowest BCUT2D eigenvalue weighted by Gasteiger charge is -2.06. The lowest BCUT2D eigenvalue weighted by atomic mass is 10.0. The van der Waals surface area contributed by atoms with E-state index in [0.717, 1.165) is 0 Å². The smallest absolute Gasteiger partial charge is 0.183 e. The van der Waals surface area contributed by atoms with Crippen LogP contribution < -0.4 is 0 Å². The Hall–Kier alpha value is -1.94. The van der Waals surface area contributed by atoms with Gasteiger partial charge in [-0.3, -0.25) is 0 Å². The van der Waals surface area contributed by atoms with E-state index in [4.69, 9.17) is 11.6 Å². The Balaban J connectivity index is 2.06. The first kappa shape index (κ1) is 16.9. The largest absolute Gasteiger partial charge is 0.395 e. The summed E-state index contributed by atoms with van der Waals surface area (Å²) >= 11 is 5.78. The van der Waals surface area contributed by atoms with Gasteiger partial charge in [-0.2, -0.15) is 5.26 Å². The van der Waals surface area contributed by atoms with E-state index in [-0.39, 0.29) is 4.90 Å². The molecule has 4 nitrogen and oxygen atoms in total. The van der Waals surface area contributed by atoms with Gasteiger partial charge in [0, 0.05) is 10.9 Å². The van der Waals surface area contributed by atoms with Crippen molar-refractivity contribution in [3.63, 3.8) is 0 Å². The highest BCUT2D eigenvalue weighted by molar-refractivity contribution is 7.92. The zero-order valence-electron chi connectivity index (χ0n) is 12.4. The number of benzene rings is 2. The number of hydrogen-bond donors (Lipinski definition) is 1. The third kappa shape index (κ3) is 2.49. The van der Waals surface area contributed by atoms with Gasteiger partial charge in [0.05, 0.1) is 22.8 Å². The first-order valence-corrected chi connectivity index (χ1v) is 9.06. The second-order valence-corrected chi connectivity index (χ2v) is 8.26. The van der Waals surface area contributed by atoms with Crippen molar-refractivity contribution in [3.05, 3.63) is 64.9 Å². The SMILES string of the molecule is N#CC1(CO)C(c2ccc(F)cc2)C1S(=O)(=O)c1ccc(Cl)cc1. The Labute approximate surface area is 144 Å². The van der Waals surface area contributed by atoms with E-state index in [2.05, 4.69) is 0 Å². The van der Waals surface area contributed by atoms with Crippen LogP contribution in [0.25, 0.3) is 0 Å². The first-order chi connectivity index (χ1) is 11.4. The molecular formula is C17H13ClFNO3S. The van der Waals surface area contributed by atoms with Crippen LogP contribution in [-0.4, -0.2) is 25.4 Å². The van der Waals surface area contributed by atoms with Crippen LogP contribution >= 0.6 is 11.6 Å². The standard InChI is InChI=1S/C17H13ClFNO3S/c18-12-3-7-14(8-4-12)24(22,23)16-15(17(16,9-20)10-21)11-1-5-13(19)6-2-11/h1-8,15-16,21H,10H2. The third-order valence-electron chi connectivity index (χ3n) is 4.43. The molecule has 124 valence electrons. The minimum atomic E-state index is -3.86. The maximum Gasteiger partial charge on any atom is 0.183 e. The van der Waals surface area contributed by atoms with E-state index < -0.39 is 38.8 Å². The van der Waals surface area contributed by atoms with E-state index in [9.17, 15) is 23.2 Å². The Morgan fingerprint density at radius 1 is 1.17 bits per heavy atom. The number of rotatable bonds is 4. The van der Waals surface area contributed by atoms with Gasteiger partial charge in [0.15, 0.2) is 9.84 Å². The minimum Gasteiger partial charge on any atom is -0.395 e. The minimum absolute atomic E-state index is 0.0367. The van der Waals surface area contributed by atoms with Crippen molar-refractivity contribution >= 4 is 21.4 Å². The average Bonchev–Trinajstić information content (AvgIpc) is 3.26. The molecule has 1 fully saturated rings. The van der Waals surface area contributed by atoms with E-state index in [0.29, 0.717) is 10.6 Å². The molecule has 3 unspecified atom stereocenters. The van der Waals surface area contributed by atoms with Crippen LogP contribution in [0.1, 0.15) is 11.5 Å². The fraction of sp³-hybridized carbons (Fsp3) is 0.235. The van der Waals surface area contributed by atoms with Gasteiger partial charge in [-0.25, -0.2) is 12.8 Å². The van der Waals surface area contributed by atoms with Gasteiger partial charge in [-0.05, 0) is 42.0 Å². The Kier molecular flexibility index (Phi) is 4.12. The summed E-state index contributed by atoms with van der Waals surface area (Å²) in [6.07, 6.45) is 0. The van der Waals surface area contributed by atoms with Gasteiger partial charge in [0.2, 0.25) is 0 Å². The predicted octanol–water partition coefficient (Wildman–Crippen LogP) is 2.92. The quantitative estimate of drug-likeness (QED) is 0.903. The van der Waals surface area contributed by atoms with E-state index in [1.54, 1.807) is 0 Å². The van der Waals surface area contributed by atoms with Crippen LogP contribution in [0.5, 0.6) is 0 Å². The predicted molar refractivity (Wildman–Crippen MR) is 86.7 cm³/mol. The molecule has 0 spiro atoms. The molecular weight excluding hydrogens is 353 g/mol. The summed E-state index contributed by atoms with van der Waals surface area (Å²) in [5.74, 6) is -1.17. The van der Waals surface area contributed by atoms with Crippen molar-refractivity contribution in [2.75, 3.05) is 6.61 Å². The van der Waals surface area contributed by atoms with E-state index in [1.807, 2.05) is 6.07 Å². The Morgan fingerprint density at radius 2 is 1.75 bits per heavy atom. The summed E-state index contributed by atoms with van der Waals surface area (Å²) in [5, 5.41) is 18.5. The number of nitriles is 1.